The van der Waals surface area contributed by atoms with Gasteiger partial charge in [0.1, 0.15) is 13.2 Å². The number of phosphoric acid groups is 1. The van der Waals surface area contributed by atoms with Gasteiger partial charge in [-0.05, 0) is 57.8 Å². The van der Waals surface area contributed by atoms with E-state index in [1.807, 2.05) is 27.2 Å². The minimum Gasteiger partial charge on any atom is -0.387 e. The summed E-state index contributed by atoms with van der Waals surface area (Å²) in [6.45, 7) is 4.74. The third-order valence-electron chi connectivity index (χ3n) is 11.5. The Morgan fingerprint density at radius 1 is 0.548 bits per heavy atom. The Balaban J connectivity index is 3.89. The Morgan fingerprint density at radius 2 is 0.919 bits per heavy atom. The van der Waals surface area contributed by atoms with Crippen molar-refractivity contribution >= 4 is 13.7 Å². The lowest BCUT2D eigenvalue weighted by Crippen LogP contribution is -2.45. The van der Waals surface area contributed by atoms with Gasteiger partial charge in [-0.3, -0.25) is 13.8 Å². The van der Waals surface area contributed by atoms with Gasteiger partial charge in [-0.2, -0.15) is 0 Å². The lowest BCUT2D eigenvalue weighted by atomic mass is 10.0. The van der Waals surface area contributed by atoms with Gasteiger partial charge < -0.3 is 19.8 Å². The highest BCUT2D eigenvalue weighted by Gasteiger charge is 2.27. The van der Waals surface area contributed by atoms with Gasteiger partial charge in [0, 0.05) is 6.42 Å². The number of unbranched alkanes of at least 4 members (excludes halogenated alkanes) is 28. The van der Waals surface area contributed by atoms with Crippen LogP contribution in [0.25, 0.3) is 0 Å². The van der Waals surface area contributed by atoms with E-state index in [9.17, 15) is 19.4 Å². The van der Waals surface area contributed by atoms with Crippen LogP contribution in [0.15, 0.2) is 48.6 Å². The fourth-order valence-corrected chi connectivity index (χ4v) is 8.14. The maximum Gasteiger partial charge on any atom is 0.472 e. The topological polar surface area (TPSA) is 105 Å². The number of nitrogens with one attached hydrogen (secondary N) is 1. The van der Waals surface area contributed by atoms with Gasteiger partial charge in [0.25, 0.3) is 0 Å². The first-order chi connectivity index (χ1) is 30.0. The molecule has 8 nitrogen and oxygen atoms in total. The predicted molar refractivity (Wildman–Crippen MR) is 267 cm³/mol. The Labute approximate surface area is 384 Å². The van der Waals surface area contributed by atoms with Crippen molar-refractivity contribution in [1.82, 2.24) is 5.32 Å². The maximum absolute atomic E-state index is 12.8. The molecule has 3 atom stereocenters. The number of aliphatic hydroxyl groups excluding tert-OH is 1. The number of amides is 1. The smallest absolute Gasteiger partial charge is 0.387 e. The van der Waals surface area contributed by atoms with Crippen LogP contribution in [0.2, 0.25) is 0 Å². The lowest BCUT2D eigenvalue weighted by molar-refractivity contribution is -0.870. The van der Waals surface area contributed by atoms with E-state index in [0.717, 1.165) is 51.4 Å². The molecule has 3 unspecified atom stereocenters. The average Bonchev–Trinajstić information content (AvgIpc) is 3.23. The minimum atomic E-state index is -4.33. The Kier molecular flexibility index (Phi) is 43.5. The predicted octanol–water partition coefficient (Wildman–Crippen LogP) is 15.2. The lowest BCUT2D eigenvalue weighted by Gasteiger charge is -2.25. The summed E-state index contributed by atoms with van der Waals surface area (Å²) in [6.07, 6.45) is 58.1. The van der Waals surface area contributed by atoms with Crippen molar-refractivity contribution in [1.29, 1.82) is 0 Å². The number of hydrogen-bond donors (Lipinski definition) is 3. The number of nitrogens with zero attached hydrogens (tertiary/aromatic N) is 1. The Morgan fingerprint density at radius 3 is 1.34 bits per heavy atom. The molecule has 0 aromatic carbocycles. The van der Waals surface area contributed by atoms with Crippen LogP contribution in [-0.4, -0.2) is 73.4 Å². The van der Waals surface area contributed by atoms with Crippen LogP contribution < -0.4 is 5.32 Å². The van der Waals surface area contributed by atoms with E-state index >= 15 is 0 Å². The largest absolute Gasteiger partial charge is 0.472 e. The zero-order valence-electron chi connectivity index (χ0n) is 41.4. The zero-order chi connectivity index (χ0) is 45.7. The highest BCUT2D eigenvalue weighted by molar-refractivity contribution is 7.47. The molecule has 0 aliphatic rings. The minimum absolute atomic E-state index is 0.0611. The summed E-state index contributed by atoms with van der Waals surface area (Å²) >= 11 is 0. The number of carbonyl (C=O) groups excluding carboxylic acids is 1. The Hall–Kier alpha value is -1.54. The summed E-state index contributed by atoms with van der Waals surface area (Å²) in [4.78, 5) is 23.1. The number of allylic oxidation sites excluding steroid dienone is 7. The van der Waals surface area contributed by atoms with Crippen molar-refractivity contribution in [2.75, 3.05) is 40.9 Å². The van der Waals surface area contributed by atoms with Crippen molar-refractivity contribution in [3.63, 3.8) is 0 Å². The van der Waals surface area contributed by atoms with Crippen LogP contribution in [0.1, 0.15) is 232 Å². The first-order valence-electron chi connectivity index (χ1n) is 26.0. The molecule has 0 bridgehead atoms. The molecule has 0 fully saturated rings. The van der Waals surface area contributed by atoms with Crippen LogP contribution in [-0.2, 0) is 18.4 Å². The number of hydrogen-bond acceptors (Lipinski definition) is 5. The van der Waals surface area contributed by atoms with E-state index in [4.69, 9.17) is 9.05 Å². The zero-order valence-corrected chi connectivity index (χ0v) is 42.3. The molecule has 0 saturated heterocycles. The molecule has 1 amide bonds. The molecule has 0 rings (SSSR count). The standard InChI is InChI=1S/C53H101N2O6P/c1-6-8-10-12-14-15-16-17-18-19-20-21-22-23-24-25-26-27-28-29-30-31-32-33-34-35-36-37-38-39-41-43-45-47-53(57)54-51(52(56)46-44-42-40-13-11-9-7-2)50-61-62(58,59)60-49-48-55(3,4)5/h16-17,19-20,22-23,44,46,51-52,56H,6-15,18,21,24-43,45,47-50H2,1-5H3,(H-,54,57,58,59)/p+1/b17-16-,20-19-,23-22-,46-44+. The van der Waals surface area contributed by atoms with Crippen molar-refractivity contribution in [2.24, 2.45) is 0 Å². The number of carbonyl (C=O) groups is 1. The molecule has 0 saturated carbocycles. The van der Waals surface area contributed by atoms with E-state index in [2.05, 4.69) is 55.6 Å². The number of likely N-dealkylation sites (N-methyl/N-ethyl adjacent to an activating group) is 1. The summed E-state index contributed by atoms with van der Waals surface area (Å²) in [7, 11) is 1.57. The van der Waals surface area contributed by atoms with Crippen LogP contribution in [0.4, 0.5) is 0 Å². The molecule has 3 N–H and O–H groups in total. The molecule has 0 aliphatic heterocycles. The second-order valence-corrected chi connectivity index (χ2v) is 20.4. The maximum atomic E-state index is 12.8. The van der Waals surface area contributed by atoms with Crippen LogP contribution in [0.3, 0.4) is 0 Å². The molecule has 364 valence electrons. The van der Waals surface area contributed by atoms with Crippen LogP contribution >= 0.6 is 7.82 Å². The number of quaternary nitrogens is 1. The molecule has 0 radical (unpaired) electrons. The monoisotopic (exact) mass is 894 g/mol. The fourth-order valence-electron chi connectivity index (χ4n) is 7.40. The van der Waals surface area contributed by atoms with Gasteiger partial charge in [0.05, 0.1) is 39.9 Å². The van der Waals surface area contributed by atoms with E-state index < -0.39 is 20.0 Å². The van der Waals surface area contributed by atoms with Gasteiger partial charge >= 0.3 is 7.82 Å². The first kappa shape index (κ1) is 60.5. The molecule has 0 aromatic heterocycles. The van der Waals surface area contributed by atoms with Crippen molar-refractivity contribution < 1.29 is 32.9 Å². The second-order valence-electron chi connectivity index (χ2n) is 18.9. The van der Waals surface area contributed by atoms with Crippen molar-refractivity contribution in [2.45, 2.75) is 244 Å². The van der Waals surface area contributed by atoms with Gasteiger partial charge in [0.2, 0.25) is 5.91 Å². The van der Waals surface area contributed by atoms with Crippen LogP contribution in [0.5, 0.6) is 0 Å². The summed E-state index contributed by atoms with van der Waals surface area (Å²) in [6, 6.07) is -0.842. The van der Waals surface area contributed by atoms with E-state index in [0.29, 0.717) is 17.4 Å². The summed E-state index contributed by atoms with van der Waals surface area (Å²) in [5, 5.41) is 13.7. The fraction of sp³-hybridized carbons (Fsp3) is 0.830. The average molecular weight is 894 g/mol. The summed E-state index contributed by atoms with van der Waals surface area (Å²) in [5.41, 5.74) is 0. The number of rotatable bonds is 47. The molecular weight excluding hydrogens is 792 g/mol. The van der Waals surface area contributed by atoms with Crippen molar-refractivity contribution in [3.05, 3.63) is 48.6 Å². The summed E-state index contributed by atoms with van der Waals surface area (Å²) in [5.74, 6) is -0.181. The van der Waals surface area contributed by atoms with Gasteiger partial charge in [-0.15, -0.1) is 0 Å². The Bertz CT molecular complexity index is 1150. The molecule has 0 aromatic rings. The molecule has 9 heteroatoms. The first-order valence-corrected chi connectivity index (χ1v) is 27.5. The molecule has 62 heavy (non-hydrogen) atoms. The highest BCUT2D eigenvalue weighted by Crippen LogP contribution is 2.43. The normalized spacial score (nSPS) is 14.5. The highest BCUT2D eigenvalue weighted by atomic mass is 31.2. The molecule has 0 spiro atoms. The third kappa shape index (κ3) is 46.5. The number of aliphatic hydroxyl groups is 1. The van der Waals surface area contributed by atoms with E-state index in [1.54, 1.807) is 6.08 Å². The summed E-state index contributed by atoms with van der Waals surface area (Å²) < 4.78 is 23.5. The van der Waals surface area contributed by atoms with Gasteiger partial charge in [-0.1, -0.05) is 217 Å². The quantitative estimate of drug-likeness (QED) is 0.0243. The van der Waals surface area contributed by atoms with E-state index in [1.165, 1.54) is 161 Å². The van der Waals surface area contributed by atoms with Gasteiger partial charge in [-0.25, -0.2) is 4.57 Å². The van der Waals surface area contributed by atoms with Crippen molar-refractivity contribution in [3.8, 4) is 0 Å². The SMILES string of the molecule is CCCCCCC/C=C\C/C=C\C/C=C\CCCCCCCCCCCCCCCCCCCCC(=O)NC(COP(=O)(O)OCC[N+](C)(C)C)C(O)/C=C/CCCCCCC. The second kappa shape index (κ2) is 44.7. The van der Waals surface area contributed by atoms with Crippen LogP contribution in [0, 0.1) is 0 Å². The number of phosphoric ester groups is 1. The molecular formula is C53H102N2O6P+. The molecule has 0 aliphatic carbocycles. The van der Waals surface area contributed by atoms with Gasteiger partial charge in [0.15, 0.2) is 0 Å². The third-order valence-corrected chi connectivity index (χ3v) is 12.5. The van der Waals surface area contributed by atoms with E-state index in [-0.39, 0.29) is 19.1 Å². The molecule has 0 heterocycles.